The van der Waals surface area contributed by atoms with E-state index in [0.29, 0.717) is 0 Å². The largest absolute Gasteiger partial charge is 0.370 e. The van der Waals surface area contributed by atoms with E-state index in [1.165, 1.54) is 0 Å². The fraction of sp³-hybridized carbons (Fsp3) is 0.667. The van der Waals surface area contributed by atoms with Crippen molar-refractivity contribution in [3.05, 3.63) is 12.4 Å². The van der Waals surface area contributed by atoms with E-state index in [1.54, 1.807) is 0 Å². The summed E-state index contributed by atoms with van der Waals surface area (Å²) < 4.78 is 0. The second-order valence-corrected chi connectivity index (χ2v) is 2.84. The van der Waals surface area contributed by atoms with Gasteiger partial charge < -0.3 is 10.6 Å². The number of nitrogens with one attached hydrogen (secondary N) is 2. The molecule has 1 saturated heterocycles. The molecule has 0 spiro atoms. The molecule has 1 aliphatic heterocycles. The molecule has 1 heterocycles. The Hall–Kier alpha value is -0.660. The Bertz CT molecular complexity index is 116. The van der Waals surface area contributed by atoms with Gasteiger partial charge in [0.2, 0.25) is 0 Å². The molecule has 0 amide bonds. The van der Waals surface area contributed by atoms with Gasteiger partial charge in [0.1, 0.15) is 0 Å². The van der Waals surface area contributed by atoms with Crippen LogP contribution in [0.5, 0.6) is 0 Å². The summed E-state index contributed by atoms with van der Waals surface area (Å²) in [4.78, 5) is 0. The molecule has 0 aromatic rings. The number of rotatable bonds is 0. The minimum atomic E-state index is 0.205. The standard InChI is InChI=1S/C6H12N2/c1-5-7-4-6(2,3)8-5/h7-8H,1,4H2,2-3H3. The van der Waals surface area contributed by atoms with Crippen LogP contribution in [0, 0.1) is 0 Å². The first-order chi connectivity index (χ1) is 3.60. The molecule has 0 aromatic carbocycles. The highest BCUT2D eigenvalue weighted by Gasteiger charge is 2.22. The van der Waals surface area contributed by atoms with E-state index in [1.807, 2.05) is 0 Å². The zero-order chi connectivity index (χ0) is 6.20. The van der Waals surface area contributed by atoms with Gasteiger partial charge in [0.25, 0.3) is 0 Å². The summed E-state index contributed by atoms with van der Waals surface area (Å²) in [6.07, 6.45) is 0. The minimum absolute atomic E-state index is 0.205. The van der Waals surface area contributed by atoms with E-state index >= 15 is 0 Å². The zero-order valence-electron chi connectivity index (χ0n) is 5.41. The molecule has 8 heavy (non-hydrogen) atoms. The summed E-state index contributed by atoms with van der Waals surface area (Å²) in [6.45, 7) is 8.98. The highest BCUT2D eigenvalue weighted by molar-refractivity contribution is 5.04. The Morgan fingerprint density at radius 1 is 1.62 bits per heavy atom. The van der Waals surface area contributed by atoms with Crippen LogP contribution in [0.4, 0.5) is 0 Å². The maximum absolute atomic E-state index is 3.73. The molecule has 1 fully saturated rings. The van der Waals surface area contributed by atoms with Gasteiger partial charge in [-0.3, -0.25) is 0 Å². The van der Waals surface area contributed by atoms with Crippen LogP contribution in [-0.2, 0) is 0 Å². The Morgan fingerprint density at radius 2 is 2.25 bits per heavy atom. The van der Waals surface area contributed by atoms with Crippen molar-refractivity contribution in [3.63, 3.8) is 0 Å². The molecule has 0 unspecified atom stereocenters. The topological polar surface area (TPSA) is 24.1 Å². The van der Waals surface area contributed by atoms with Crippen LogP contribution in [-0.4, -0.2) is 12.1 Å². The molecular formula is C6H12N2. The number of hydrogen-bond donors (Lipinski definition) is 2. The smallest absolute Gasteiger partial charge is 0.0917 e. The summed E-state index contributed by atoms with van der Waals surface area (Å²) in [5.74, 6) is 0.940. The van der Waals surface area contributed by atoms with Gasteiger partial charge in [-0.25, -0.2) is 0 Å². The van der Waals surface area contributed by atoms with Crippen molar-refractivity contribution in [3.8, 4) is 0 Å². The molecule has 0 saturated carbocycles. The molecular weight excluding hydrogens is 100 g/mol. The maximum atomic E-state index is 3.73. The lowest BCUT2D eigenvalue weighted by molar-refractivity contribution is 0.498. The lowest BCUT2D eigenvalue weighted by Crippen LogP contribution is -2.34. The van der Waals surface area contributed by atoms with E-state index in [4.69, 9.17) is 0 Å². The molecule has 2 nitrogen and oxygen atoms in total. The summed E-state index contributed by atoms with van der Waals surface area (Å²) >= 11 is 0. The second kappa shape index (κ2) is 1.41. The van der Waals surface area contributed by atoms with Gasteiger partial charge in [0.15, 0.2) is 0 Å². The summed E-state index contributed by atoms with van der Waals surface area (Å²) in [7, 11) is 0. The van der Waals surface area contributed by atoms with Crippen LogP contribution in [0.15, 0.2) is 12.4 Å². The zero-order valence-corrected chi connectivity index (χ0v) is 5.41. The van der Waals surface area contributed by atoms with Crippen molar-refractivity contribution < 1.29 is 0 Å². The van der Waals surface area contributed by atoms with E-state index < -0.39 is 0 Å². The second-order valence-electron chi connectivity index (χ2n) is 2.84. The van der Waals surface area contributed by atoms with Gasteiger partial charge in [0, 0.05) is 6.54 Å². The molecule has 0 atom stereocenters. The molecule has 2 N–H and O–H groups in total. The molecule has 0 aromatic heterocycles. The summed E-state index contributed by atoms with van der Waals surface area (Å²) in [5, 5.41) is 6.29. The molecule has 1 aliphatic rings. The van der Waals surface area contributed by atoms with Gasteiger partial charge in [-0.2, -0.15) is 0 Å². The quantitative estimate of drug-likeness (QED) is 0.475. The van der Waals surface area contributed by atoms with Crippen LogP contribution in [0.1, 0.15) is 13.8 Å². The van der Waals surface area contributed by atoms with Crippen molar-refractivity contribution in [1.29, 1.82) is 0 Å². The van der Waals surface area contributed by atoms with Crippen molar-refractivity contribution in [2.45, 2.75) is 19.4 Å². The fourth-order valence-corrected chi connectivity index (χ4v) is 0.825. The van der Waals surface area contributed by atoms with Gasteiger partial charge in [-0.15, -0.1) is 0 Å². The van der Waals surface area contributed by atoms with Gasteiger partial charge in [0.05, 0.1) is 11.4 Å². The summed E-state index contributed by atoms with van der Waals surface area (Å²) in [6, 6.07) is 0. The van der Waals surface area contributed by atoms with E-state index in [2.05, 4.69) is 31.1 Å². The number of hydrogen-bond acceptors (Lipinski definition) is 2. The monoisotopic (exact) mass is 112 g/mol. The first-order valence-electron chi connectivity index (χ1n) is 2.81. The third kappa shape index (κ3) is 0.941. The lowest BCUT2D eigenvalue weighted by atomic mass is 10.1. The third-order valence-electron chi connectivity index (χ3n) is 1.23. The van der Waals surface area contributed by atoms with Crippen molar-refractivity contribution >= 4 is 0 Å². The SMILES string of the molecule is C=C1NCC(C)(C)N1. The van der Waals surface area contributed by atoms with Crippen LogP contribution < -0.4 is 10.6 Å². The van der Waals surface area contributed by atoms with Crippen molar-refractivity contribution in [1.82, 2.24) is 10.6 Å². The van der Waals surface area contributed by atoms with Gasteiger partial charge in [-0.1, -0.05) is 6.58 Å². The highest BCUT2D eigenvalue weighted by atomic mass is 15.2. The minimum Gasteiger partial charge on any atom is -0.370 e. The molecule has 0 aliphatic carbocycles. The van der Waals surface area contributed by atoms with Crippen LogP contribution in [0.25, 0.3) is 0 Å². The Kier molecular flexibility index (Phi) is 0.962. The van der Waals surface area contributed by atoms with Crippen molar-refractivity contribution in [2.75, 3.05) is 6.54 Å². The first-order valence-corrected chi connectivity index (χ1v) is 2.81. The van der Waals surface area contributed by atoms with E-state index in [-0.39, 0.29) is 5.54 Å². The first kappa shape index (κ1) is 5.48. The highest BCUT2D eigenvalue weighted by Crippen LogP contribution is 2.07. The predicted octanol–water partition coefficient (Wildman–Crippen LogP) is 0.429. The molecule has 46 valence electrons. The van der Waals surface area contributed by atoms with E-state index in [9.17, 15) is 0 Å². The third-order valence-corrected chi connectivity index (χ3v) is 1.23. The average Bonchev–Trinajstić information content (AvgIpc) is 1.82. The lowest BCUT2D eigenvalue weighted by Gasteiger charge is -2.14. The van der Waals surface area contributed by atoms with Gasteiger partial charge >= 0.3 is 0 Å². The van der Waals surface area contributed by atoms with Crippen LogP contribution in [0.3, 0.4) is 0 Å². The average molecular weight is 112 g/mol. The fourth-order valence-electron chi connectivity index (χ4n) is 0.825. The van der Waals surface area contributed by atoms with Crippen LogP contribution >= 0.6 is 0 Å². The predicted molar refractivity (Wildman–Crippen MR) is 34.4 cm³/mol. The molecule has 2 heteroatoms. The summed E-state index contributed by atoms with van der Waals surface area (Å²) in [5.41, 5.74) is 0.205. The van der Waals surface area contributed by atoms with Crippen LogP contribution in [0.2, 0.25) is 0 Å². The Balaban J connectivity index is 2.56. The van der Waals surface area contributed by atoms with E-state index in [0.717, 1.165) is 12.4 Å². The maximum Gasteiger partial charge on any atom is 0.0917 e. The normalized spacial score (nSPS) is 24.5. The molecule has 0 bridgehead atoms. The van der Waals surface area contributed by atoms with Crippen molar-refractivity contribution in [2.24, 2.45) is 0 Å². The Morgan fingerprint density at radius 3 is 2.38 bits per heavy atom. The van der Waals surface area contributed by atoms with Gasteiger partial charge in [-0.05, 0) is 13.8 Å². The Labute approximate surface area is 50.0 Å². The molecule has 0 radical (unpaired) electrons. The molecule has 1 rings (SSSR count).